The van der Waals surface area contributed by atoms with Gasteiger partial charge < -0.3 is 24.1 Å². The van der Waals surface area contributed by atoms with Crippen molar-refractivity contribution in [2.45, 2.75) is 37.9 Å². The second-order valence-electron chi connectivity index (χ2n) is 6.61. The standard InChI is InChI=1S/C22H24O7/c1-2-13-26-22-19(29-21(25)16-11-7-4-8-12-16)18(17(23)14-27-22)28-20(24)15-9-5-3-6-10-15/h3-12,17-19,22-23H,2,13-14H2,1H3. The number of carbonyl (C=O) groups excluding carboxylic acids is 2. The van der Waals surface area contributed by atoms with E-state index in [-0.39, 0.29) is 6.61 Å². The number of aliphatic hydroxyl groups excluding tert-OH is 1. The van der Waals surface area contributed by atoms with Gasteiger partial charge in [-0.2, -0.15) is 0 Å². The number of benzene rings is 2. The fraction of sp³-hybridized carbons (Fsp3) is 0.364. The Kier molecular flexibility index (Phi) is 7.35. The van der Waals surface area contributed by atoms with E-state index < -0.39 is 36.5 Å². The van der Waals surface area contributed by atoms with Crippen LogP contribution in [0.3, 0.4) is 0 Å². The minimum atomic E-state index is -1.17. The smallest absolute Gasteiger partial charge is 0.338 e. The summed E-state index contributed by atoms with van der Waals surface area (Å²) >= 11 is 0. The second kappa shape index (κ2) is 10.2. The monoisotopic (exact) mass is 400 g/mol. The fourth-order valence-corrected chi connectivity index (χ4v) is 2.93. The van der Waals surface area contributed by atoms with E-state index in [2.05, 4.69) is 0 Å². The van der Waals surface area contributed by atoms with E-state index in [0.29, 0.717) is 17.7 Å². The van der Waals surface area contributed by atoms with Crippen molar-refractivity contribution in [2.24, 2.45) is 0 Å². The summed E-state index contributed by atoms with van der Waals surface area (Å²) in [5.41, 5.74) is 0.653. The van der Waals surface area contributed by atoms with Gasteiger partial charge in [0.1, 0.15) is 6.10 Å². The Balaban J connectivity index is 1.81. The summed E-state index contributed by atoms with van der Waals surface area (Å²) in [6.07, 6.45) is -3.66. The van der Waals surface area contributed by atoms with Crippen LogP contribution in [0.25, 0.3) is 0 Å². The van der Waals surface area contributed by atoms with Crippen LogP contribution in [0.1, 0.15) is 34.1 Å². The molecule has 0 amide bonds. The van der Waals surface area contributed by atoms with Gasteiger partial charge in [0.15, 0.2) is 18.5 Å². The first-order valence-electron chi connectivity index (χ1n) is 9.53. The first kappa shape index (κ1) is 21.0. The molecule has 0 aromatic heterocycles. The lowest BCUT2D eigenvalue weighted by Crippen LogP contribution is -2.57. The molecular formula is C22H24O7. The molecule has 0 bridgehead atoms. The van der Waals surface area contributed by atoms with Gasteiger partial charge in [-0.15, -0.1) is 0 Å². The first-order valence-corrected chi connectivity index (χ1v) is 9.53. The third-order valence-electron chi connectivity index (χ3n) is 4.39. The van der Waals surface area contributed by atoms with Gasteiger partial charge in [-0.25, -0.2) is 9.59 Å². The molecule has 0 aliphatic carbocycles. The first-order chi connectivity index (χ1) is 14.1. The molecule has 0 saturated carbocycles. The molecule has 1 aliphatic heterocycles. The molecule has 154 valence electrons. The molecular weight excluding hydrogens is 376 g/mol. The number of carbonyl (C=O) groups is 2. The van der Waals surface area contributed by atoms with Gasteiger partial charge in [0.25, 0.3) is 0 Å². The van der Waals surface area contributed by atoms with Crippen LogP contribution in [-0.4, -0.2) is 54.9 Å². The molecule has 1 saturated heterocycles. The fourth-order valence-electron chi connectivity index (χ4n) is 2.93. The summed E-state index contributed by atoms with van der Waals surface area (Å²) in [5.74, 6) is -1.26. The van der Waals surface area contributed by atoms with Crippen LogP contribution in [-0.2, 0) is 18.9 Å². The number of ether oxygens (including phenoxy) is 4. The van der Waals surface area contributed by atoms with E-state index >= 15 is 0 Å². The molecule has 2 aromatic carbocycles. The molecule has 4 atom stereocenters. The van der Waals surface area contributed by atoms with Crippen molar-refractivity contribution in [3.05, 3.63) is 71.8 Å². The lowest BCUT2D eigenvalue weighted by molar-refractivity contribution is -0.268. The van der Waals surface area contributed by atoms with Crippen LogP contribution in [0.15, 0.2) is 60.7 Å². The molecule has 7 nitrogen and oxygen atoms in total. The van der Waals surface area contributed by atoms with Crippen LogP contribution in [0.4, 0.5) is 0 Å². The van der Waals surface area contributed by atoms with Gasteiger partial charge in [0.05, 0.1) is 17.7 Å². The number of rotatable bonds is 7. The van der Waals surface area contributed by atoms with E-state index in [4.69, 9.17) is 18.9 Å². The molecule has 0 radical (unpaired) electrons. The number of aliphatic hydroxyl groups is 1. The van der Waals surface area contributed by atoms with E-state index in [0.717, 1.165) is 6.42 Å². The molecule has 7 heteroatoms. The van der Waals surface area contributed by atoms with Crippen LogP contribution < -0.4 is 0 Å². The summed E-state index contributed by atoms with van der Waals surface area (Å²) in [4.78, 5) is 25.1. The minimum Gasteiger partial charge on any atom is -0.452 e. The number of hydrogen-bond acceptors (Lipinski definition) is 7. The van der Waals surface area contributed by atoms with Gasteiger partial charge in [0.2, 0.25) is 0 Å². The Bertz CT molecular complexity index is 791. The SMILES string of the molecule is CCCOC1OCC(O)C(OC(=O)c2ccccc2)C1OC(=O)c1ccccc1. The highest BCUT2D eigenvalue weighted by atomic mass is 16.7. The maximum atomic E-state index is 12.6. The van der Waals surface area contributed by atoms with Gasteiger partial charge in [-0.3, -0.25) is 0 Å². The molecule has 2 aromatic rings. The van der Waals surface area contributed by atoms with Gasteiger partial charge in [-0.1, -0.05) is 43.3 Å². The Morgan fingerprint density at radius 1 is 0.931 bits per heavy atom. The van der Waals surface area contributed by atoms with Crippen molar-refractivity contribution in [3.8, 4) is 0 Å². The molecule has 0 spiro atoms. The Labute approximate surface area is 169 Å². The number of esters is 2. The molecule has 29 heavy (non-hydrogen) atoms. The van der Waals surface area contributed by atoms with Crippen LogP contribution in [0.2, 0.25) is 0 Å². The summed E-state index contributed by atoms with van der Waals surface area (Å²) in [6, 6.07) is 16.8. The predicted molar refractivity (Wildman–Crippen MR) is 103 cm³/mol. The van der Waals surface area contributed by atoms with E-state index in [1.165, 1.54) is 0 Å². The summed E-state index contributed by atoms with van der Waals surface area (Å²) < 4.78 is 22.3. The zero-order valence-corrected chi connectivity index (χ0v) is 16.1. The van der Waals surface area contributed by atoms with Gasteiger partial charge in [0, 0.05) is 6.61 Å². The zero-order chi connectivity index (χ0) is 20.6. The lowest BCUT2D eigenvalue weighted by Gasteiger charge is -2.39. The molecule has 1 heterocycles. The van der Waals surface area contributed by atoms with Crippen molar-refractivity contribution in [1.29, 1.82) is 0 Å². The predicted octanol–water partition coefficient (Wildman–Crippen LogP) is 2.58. The largest absolute Gasteiger partial charge is 0.452 e. The normalized spacial score (nSPS) is 23.9. The highest BCUT2D eigenvalue weighted by Crippen LogP contribution is 2.25. The maximum Gasteiger partial charge on any atom is 0.338 e. The number of hydrogen-bond donors (Lipinski definition) is 1. The highest BCUT2D eigenvalue weighted by molar-refractivity contribution is 5.90. The molecule has 1 N–H and O–H groups in total. The summed E-state index contributed by atoms with van der Waals surface area (Å²) in [6.45, 7) is 2.18. The quantitative estimate of drug-likeness (QED) is 0.714. The van der Waals surface area contributed by atoms with Crippen molar-refractivity contribution < 1.29 is 33.6 Å². The van der Waals surface area contributed by atoms with Crippen LogP contribution in [0.5, 0.6) is 0 Å². The zero-order valence-electron chi connectivity index (χ0n) is 16.1. The van der Waals surface area contributed by atoms with Crippen molar-refractivity contribution in [3.63, 3.8) is 0 Å². The third kappa shape index (κ3) is 5.41. The van der Waals surface area contributed by atoms with Crippen molar-refractivity contribution in [1.82, 2.24) is 0 Å². The maximum absolute atomic E-state index is 12.6. The topological polar surface area (TPSA) is 91.3 Å². The molecule has 3 rings (SSSR count). The average molecular weight is 400 g/mol. The van der Waals surface area contributed by atoms with E-state index in [1.807, 2.05) is 6.92 Å². The van der Waals surface area contributed by atoms with Crippen molar-refractivity contribution in [2.75, 3.05) is 13.2 Å². The minimum absolute atomic E-state index is 0.111. The van der Waals surface area contributed by atoms with Crippen molar-refractivity contribution >= 4 is 11.9 Å². The van der Waals surface area contributed by atoms with Gasteiger partial charge >= 0.3 is 11.9 Å². The highest BCUT2D eigenvalue weighted by Gasteiger charge is 2.46. The summed E-state index contributed by atoms with van der Waals surface area (Å²) in [7, 11) is 0. The average Bonchev–Trinajstić information content (AvgIpc) is 2.76. The van der Waals surface area contributed by atoms with Crippen LogP contribution >= 0.6 is 0 Å². The van der Waals surface area contributed by atoms with Gasteiger partial charge in [-0.05, 0) is 30.7 Å². The summed E-state index contributed by atoms with van der Waals surface area (Å²) in [5, 5.41) is 10.4. The molecule has 1 aliphatic rings. The Morgan fingerprint density at radius 3 is 1.97 bits per heavy atom. The Morgan fingerprint density at radius 2 is 1.45 bits per heavy atom. The molecule has 4 unspecified atom stereocenters. The lowest BCUT2D eigenvalue weighted by atomic mass is 10.0. The third-order valence-corrected chi connectivity index (χ3v) is 4.39. The van der Waals surface area contributed by atoms with E-state index in [9.17, 15) is 14.7 Å². The van der Waals surface area contributed by atoms with E-state index in [1.54, 1.807) is 60.7 Å². The van der Waals surface area contributed by atoms with Crippen LogP contribution in [0, 0.1) is 0 Å². The Hall–Kier alpha value is -2.74. The molecule has 1 fully saturated rings. The second-order valence-corrected chi connectivity index (χ2v) is 6.61.